The highest BCUT2D eigenvalue weighted by Crippen LogP contribution is 2.30. The molecule has 2 aromatic rings. The number of carbonyl (C=O) groups excluding carboxylic acids is 1. The van der Waals surface area contributed by atoms with Crippen LogP contribution >= 0.6 is 35.1 Å². The van der Waals surface area contributed by atoms with Crippen LogP contribution in [0.15, 0.2) is 17.5 Å². The standard InChI is InChI=1S/C17H23N3OS2.ClH/c21-17(16-11-15-14(23-16)3-10-22-15)20-8-6-19(7-9-20)12-13-1-4-18-5-2-13;/h3,10-11,13,18H,1-2,4-9,12H2;1H. The van der Waals surface area contributed by atoms with Gasteiger partial charge in [0.15, 0.2) is 0 Å². The molecule has 7 heteroatoms. The van der Waals surface area contributed by atoms with Crippen molar-refractivity contribution in [1.82, 2.24) is 15.1 Å². The molecule has 0 bridgehead atoms. The van der Waals surface area contributed by atoms with Crippen molar-refractivity contribution in [3.05, 3.63) is 22.4 Å². The van der Waals surface area contributed by atoms with Crippen LogP contribution in [0.2, 0.25) is 0 Å². The van der Waals surface area contributed by atoms with E-state index in [-0.39, 0.29) is 18.3 Å². The van der Waals surface area contributed by atoms with Crippen LogP contribution in [0.25, 0.3) is 9.40 Å². The van der Waals surface area contributed by atoms with Crippen molar-refractivity contribution >= 4 is 50.4 Å². The Balaban J connectivity index is 0.00000169. The van der Waals surface area contributed by atoms with Gasteiger partial charge in [0.2, 0.25) is 0 Å². The van der Waals surface area contributed by atoms with Gasteiger partial charge in [-0.2, -0.15) is 0 Å². The number of hydrogen-bond acceptors (Lipinski definition) is 5. The second-order valence-corrected chi connectivity index (χ2v) is 8.58. The zero-order chi connectivity index (χ0) is 15.6. The van der Waals surface area contributed by atoms with Gasteiger partial charge in [0.05, 0.1) is 4.88 Å². The minimum atomic E-state index is 0. The van der Waals surface area contributed by atoms with Gasteiger partial charge in [-0.15, -0.1) is 35.1 Å². The molecular weight excluding hydrogens is 362 g/mol. The lowest BCUT2D eigenvalue weighted by atomic mass is 9.97. The molecule has 2 aliphatic rings. The molecule has 132 valence electrons. The number of thiophene rings is 2. The van der Waals surface area contributed by atoms with E-state index >= 15 is 0 Å². The van der Waals surface area contributed by atoms with Gasteiger partial charge in [0.1, 0.15) is 0 Å². The van der Waals surface area contributed by atoms with Crippen LogP contribution in [0, 0.1) is 5.92 Å². The Morgan fingerprint density at radius 1 is 1.17 bits per heavy atom. The first-order chi connectivity index (χ1) is 11.3. The smallest absolute Gasteiger partial charge is 0.264 e. The van der Waals surface area contributed by atoms with Gasteiger partial charge >= 0.3 is 0 Å². The summed E-state index contributed by atoms with van der Waals surface area (Å²) in [4.78, 5) is 18.2. The summed E-state index contributed by atoms with van der Waals surface area (Å²) >= 11 is 3.35. The summed E-state index contributed by atoms with van der Waals surface area (Å²) in [6.07, 6.45) is 2.59. The van der Waals surface area contributed by atoms with Crippen molar-refractivity contribution in [2.75, 3.05) is 45.8 Å². The van der Waals surface area contributed by atoms with E-state index in [1.165, 1.54) is 41.9 Å². The Bertz CT molecular complexity index is 644. The summed E-state index contributed by atoms with van der Waals surface area (Å²) in [6.45, 7) is 7.32. The lowest BCUT2D eigenvalue weighted by molar-refractivity contribution is 0.0613. The summed E-state index contributed by atoms with van der Waals surface area (Å²) in [5.41, 5.74) is 0. The third kappa shape index (κ3) is 3.94. The number of piperidine rings is 1. The van der Waals surface area contributed by atoms with Crippen LogP contribution in [0.5, 0.6) is 0 Å². The number of amides is 1. The summed E-state index contributed by atoms with van der Waals surface area (Å²) in [7, 11) is 0. The molecule has 0 aromatic carbocycles. The number of piperazine rings is 1. The Morgan fingerprint density at radius 3 is 2.62 bits per heavy atom. The van der Waals surface area contributed by atoms with E-state index in [0.29, 0.717) is 0 Å². The molecule has 4 rings (SSSR count). The topological polar surface area (TPSA) is 35.6 Å². The molecule has 0 radical (unpaired) electrons. The van der Waals surface area contributed by atoms with Crippen molar-refractivity contribution in [3.63, 3.8) is 0 Å². The maximum absolute atomic E-state index is 12.7. The monoisotopic (exact) mass is 385 g/mol. The molecule has 0 spiro atoms. The van der Waals surface area contributed by atoms with Crippen LogP contribution in [0.3, 0.4) is 0 Å². The molecule has 2 saturated heterocycles. The molecule has 1 amide bonds. The Hall–Kier alpha value is -0.660. The normalized spacial score (nSPS) is 20.2. The van der Waals surface area contributed by atoms with Crippen LogP contribution < -0.4 is 5.32 Å². The number of nitrogens with zero attached hydrogens (tertiary/aromatic N) is 2. The number of hydrogen-bond donors (Lipinski definition) is 1. The van der Waals surface area contributed by atoms with Crippen LogP contribution in [0.4, 0.5) is 0 Å². The Morgan fingerprint density at radius 2 is 1.92 bits per heavy atom. The zero-order valence-electron chi connectivity index (χ0n) is 13.7. The van der Waals surface area contributed by atoms with Gasteiger partial charge in [-0.25, -0.2) is 0 Å². The van der Waals surface area contributed by atoms with E-state index in [4.69, 9.17) is 0 Å². The van der Waals surface area contributed by atoms with Crippen molar-refractivity contribution in [2.24, 2.45) is 5.92 Å². The quantitative estimate of drug-likeness (QED) is 0.881. The predicted molar refractivity (Wildman–Crippen MR) is 105 cm³/mol. The van der Waals surface area contributed by atoms with Crippen LogP contribution in [-0.2, 0) is 0 Å². The zero-order valence-corrected chi connectivity index (χ0v) is 16.2. The summed E-state index contributed by atoms with van der Waals surface area (Å²) < 4.78 is 2.48. The maximum atomic E-state index is 12.7. The molecule has 0 saturated carbocycles. The largest absolute Gasteiger partial charge is 0.335 e. The van der Waals surface area contributed by atoms with Gasteiger partial charge in [0, 0.05) is 42.1 Å². The second-order valence-electron chi connectivity index (χ2n) is 6.55. The molecule has 2 aliphatic heterocycles. The highest BCUT2D eigenvalue weighted by molar-refractivity contribution is 7.27. The number of nitrogens with one attached hydrogen (secondary N) is 1. The summed E-state index contributed by atoms with van der Waals surface area (Å²) in [6, 6.07) is 4.17. The fraction of sp³-hybridized carbons (Fsp3) is 0.588. The van der Waals surface area contributed by atoms with E-state index < -0.39 is 0 Å². The van der Waals surface area contributed by atoms with Crippen molar-refractivity contribution < 1.29 is 4.79 Å². The number of halogens is 1. The molecule has 4 heterocycles. The minimum absolute atomic E-state index is 0. The molecule has 0 atom stereocenters. The SMILES string of the molecule is Cl.O=C(c1cc2sccc2s1)N1CCN(CC2CCNCC2)CC1. The molecule has 0 aliphatic carbocycles. The number of rotatable bonds is 3. The molecule has 0 unspecified atom stereocenters. The lowest BCUT2D eigenvalue weighted by Crippen LogP contribution is -2.50. The average Bonchev–Trinajstić information content (AvgIpc) is 3.17. The van der Waals surface area contributed by atoms with Crippen molar-refractivity contribution in [1.29, 1.82) is 0 Å². The molecule has 2 aromatic heterocycles. The van der Waals surface area contributed by atoms with E-state index in [0.717, 1.165) is 37.0 Å². The highest BCUT2D eigenvalue weighted by atomic mass is 35.5. The minimum Gasteiger partial charge on any atom is -0.335 e. The van der Waals surface area contributed by atoms with Crippen LogP contribution in [0.1, 0.15) is 22.5 Å². The first-order valence-corrected chi connectivity index (χ1v) is 10.2. The maximum Gasteiger partial charge on any atom is 0.264 e. The first-order valence-electron chi connectivity index (χ1n) is 8.49. The third-order valence-electron chi connectivity index (χ3n) is 4.98. The van der Waals surface area contributed by atoms with E-state index in [1.807, 2.05) is 4.90 Å². The van der Waals surface area contributed by atoms with Crippen molar-refractivity contribution in [2.45, 2.75) is 12.8 Å². The van der Waals surface area contributed by atoms with Gasteiger partial charge in [0.25, 0.3) is 5.91 Å². The Labute approximate surface area is 157 Å². The van der Waals surface area contributed by atoms with Gasteiger partial charge < -0.3 is 10.2 Å². The molecule has 1 N–H and O–H groups in total. The molecule has 24 heavy (non-hydrogen) atoms. The predicted octanol–water partition coefficient (Wildman–Crippen LogP) is 3.14. The second kappa shape index (κ2) is 8.15. The van der Waals surface area contributed by atoms with E-state index in [9.17, 15) is 4.79 Å². The molecular formula is C17H24ClN3OS2. The van der Waals surface area contributed by atoms with Gasteiger partial charge in [-0.05, 0) is 49.4 Å². The first kappa shape index (κ1) is 18.1. The van der Waals surface area contributed by atoms with E-state index in [2.05, 4.69) is 27.7 Å². The lowest BCUT2D eigenvalue weighted by Gasteiger charge is -2.37. The summed E-state index contributed by atoms with van der Waals surface area (Å²) in [5.74, 6) is 1.06. The van der Waals surface area contributed by atoms with Crippen molar-refractivity contribution in [3.8, 4) is 0 Å². The average molecular weight is 386 g/mol. The van der Waals surface area contributed by atoms with Crippen LogP contribution in [-0.4, -0.2) is 61.5 Å². The summed E-state index contributed by atoms with van der Waals surface area (Å²) in [5, 5.41) is 5.52. The number of carbonyl (C=O) groups is 1. The van der Waals surface area contributed by atoms with Gasteiger partial charge in [-0.3, -0.25) is 9.69 Å². The highest BCUT2D eigenvalue weighted by Gasteiger charge is 2.25. The Kier molecular flexibility index (Phi) is 6.16. The fourth-order valence-electron chi connectivity index (χ4n) is 3.59. The van der Waals surface area contributed by atoms with Gasteiger partial charge in [-0.1, -0.05) is 0 Å². The number of fused-ring (bicyclic) bond motifs is 1. The molecule has 4 nitrogen and oxygen atoms in total. The van der Waals surface area contributed by atoms with E-state index in [1.54, 1.807) is 22.7 Å². The molecule has 2 fully saturated rings. The fourth-order valence-corrected chi connectivity index (χ4v) is 5.67. The third-order valence-corrected chi connectivity index (χ3v) is 7.07.